The monoisotopic (exact) mass is 435 g/mol. The molecule has 0 aliphatic rings. The van der Waals surface area contributed by atoms with Crippen LogP contribution in [0.5, 0.6) is 0 Å². The number of carbonyl (C=O) groups is 1. The third-order valence-corrected chi connectivity index (χ3v) is 6.68. The molecule has 0 fully saturated rings. The number of benzene rings is 2. The minimum absolute atomic E-state index is 0.0249. The predicted octanol–water partition coefficient (Wildman–Crippen LogP) is 4.30. The molecule has 0 saturated heterocycles. The van der Waals surface area contributed by atoms with Gasteiger partial charge in [-0.25, -0.2) is 4.98 Å². The zero-order valence-corrected chi connectivity index (χ0v) is 19.1. The molecule has 1 atom stereocenters. The number of rotatable bonds is 9. The Labute approximate surface area is 187 Å². The SMILES string of the molecule is CCC(Sc1nc(C)cc(=O)n1C)C(=O)NCCC(c1ccccc1)c1ccccc1. The van der Waals surface area contributed by atoms with Crippen molar-refractivity contribution < 1.29 is 4.79 Å². The van der Waals surface area contributed by atoms with Crippen molar-refractivity contribution in [2.75, 3.05) is 6.54 Å². The zero-order valence-electron chi connectivity index (χ0n) is 18.2. The van der Waals surface area contributed by atoms with E-state index in [1.807, 2.05) is 43.3 Å². The van der Waals surface area contributed by atoms with Crippen molar-refractivity contribution in [2.45, 2.75) is 43.0 Å². The normalized spacial score (nSPS) is 12.0. The summed E-state index contributed by atoms with van der Waals surface area (Å²) in [5.74, 6) is 0.192. The Morgan fingerprint density at radius 2 is 1.65 bits per heavy atom. The molecule has 2 aromatic carbocycles. The molecule has 1 unspecified atom stereocenters. The Bertz CT molecular complexity index is 1010. The number of aromatic nitrogens is 2. The molecule has 1 aromatic heterocycles. The molecule has 3 aromatic rings. The van der Waals surface area contributed by atoms with Gasteiger partial charge in [-0.15, -0.1) is 0 Å². The van der Waals surface area contributed by atoms with Crippen molar-refractivity contribution in [3.8, 4) is 0 Å². The van der Waals surface area contributed by atoms with E-state index in [4.69, 9.17) is 0 Å². The van der Waals surface area contributed by atoms with E-state index in [0.29, 0.717) is 23.8 Å². The lowest BCUT2D eigenvalue weighted by Gasteiger charge is -2.20. The molecule has 0 aliphatic carbocycles. The summed E-state index contributed by atoms with van der Waals surface area (Å²) < 4.78 is 1.49. The number of amides is 1. The third kappa shape index (κ3) is 6.07. The highest BCUT2D eigenvalue weighted by molar-refractivity contribution is 8.00. The van der Waals surface area contributed by atoms with Gasteiger partial charge in [0.15, 0.2) is 5.16 Å². The first-order valence-corrected chi connectivity index (χ1v) is 11.5. The van der Waals surface area contributed by atoms with Gasteiger partial charge in [-0.2, -0.15) is 0 Å². The molecule has 0 bridgehead atoms. The van der Waals surface area contributed by atoms with Crippen molar-refractivity contribution in [3.05, 3.63) is 93.9 Å². The fraction of sp³-hybridized carbons (Fsp3) is 0.320. The predicted molar refractivity (Wildman–Crippen MR) is 127 cm³/mol. The number of aryl methyl sites for hydroxylation is 1. The van der Waals surface area contributed by atoms with Gasteiger partial charge in [-0.1, -0.05) is 79.3 Å². The van der Waals surface area contributed by atoms with Gasteiger partial charge in [-0.05, 0) is 30.9 Å². The molecule has 162 valence electrons. The number of hydrogen-bond donors (Lipinski definition) is 1. The minimum Gasteiger partial charge on any atom is -0.355 e. The van der Waals surface area contributed by atoms with Crippen molar-refractivity contribution >= 4 is 17.7 Å². The second kappa shape index (κ2) is 11.0. The average molecular weight is 436 g/mol. The van der Waals surface area contributed by atoms with Crippen LogP contribution in [-0.4, -0.2) is 27.3 Å². The van der Waals surface area contributed by atoms with E-state index in [2.05, 4.69) is 34.6 Å². The van der Waals surface area contributed by atoms with Crippen LogP contribution in [0.3, 0.4) is 0 Å². The fourth-order valence-electron chi connectivity index (χ4n) is 3.53. The van der Waals surface area contributed by atoms with Gasteiger partial charge in [0.05, 0.1) is 5.25 Å². The summed E-state index contributed by atoms with van der Waals surface area (Å²) in [5, 5.41) is 3.37. The van der Waals surface area contributed by atoms with Crippen molar-refractivity contribution in [2.24, 2.45) is 7.05 Å². The minimum atomic E-state index is -0.299. The van der Waals surface area contributed by atoms with E-state index >= 15 is 0 Å². The molecule has 31 heavy (non-hydrogen) atoms. The molecule has 1 amide bonds. The summed E-state index contributed by atoms with van der Waals surface area (Å²) in [4.78, 5) is 29.3. The smallest absolute Gasteiger partial charge is 0.254 e. The lowest BCUT2D eigenvalue weighted by molar-refractivity contribution is -0.120. The Morgan fingerprint density at radius 3 is 2.19 bits per heavy atom. The van der Waals surface area contributed by atoms with Crippen LogP contribution >= 0.6 is 11.8 Å². The molecule has 3 rings (SSSR count). The summed E-state index contributed by atoms with van der Waals surface area (Å²) in [6.07, 6.45) is 1.46. The van der Waals surface area contributed by atoms with Gasteiger partial charge >= 0.3 is 0 Å². The Kier molecular flexibility index (Phi) is 8.06. The summed E-state index contributed by atoms with van der Waals surface area (Å²) in [7, 11) is 1.69. The lowest BCUT2D eigenvalue weighted by Crippen LogP contribution is -2.34. The van der Waals surface area contributed by atoms with Crippen molar-refractivity contribution in [3.63, 3.8) is 0 Å². The quantitative estimate of drug-likeness (QED) is 0.402. The van der Waals surface area contributed by atoms with E-state index in [1.165, 1.54) is 33.5 Å². The molecule has 6 heteroatoms. The molecule has 1 N–H and O–H groups in total. The molecule has 0 aliphatic heterocycles. The number of nitrogens with zero attached hydrogens (tertiary/aromatic N) is 2. The Hall–Kier alpha value is -2.86. The van der Waals surface area contributed by atoms with Crippen LogP contribution in [0.4, 0.5) is 0 Å². The van der Waals surface area contributed by atoms with Crippen LogP contribution in [0.15, 0.2) is 76.7 Å². The van der Waals surface area contributed by atoms with Crippen molar-refractivity contribution in [1.29, 1.82) is 0 Å². The molecule has 0 saturated carbocycles. The first kappa shape index (κ1) is 22.8. The fourth-order valence-corrected chi connectivity index (χ4v) is 4.59. The van der Waals surface area contributed by atoms with E-state index in [1.54, 1.807) is 14.0 Å². The summed E-state index contributed by atoms with van der Waals surface area (Å²) in [5.41, 5.74) is 3.03. The topological polar surface area (TPSA) is 64.0 Å². The van der Waals surface area contributed by atoms with Crippen LogP contribution in [0.1, 0.15) is 42.5 Å². The van der Waals surface area contributed by atoms with Gasteiger partial charge in [0.25, 0.3) is 5.56 Å². The second-order valence-electron chi connectivity index (χ2n) is 7.55. The number of hydrogen-bond acceptors (Lipinski definition) is 4. The maximum atomic E-state index is 12.9. The van der Waals surface area contributed by atoms with Crippen LogP contribution < -0.4 is 10.9 Å². The number of carbonyl (C=O) groups excluding carboxylic acids is 1. The summed E-state index contributed by atoms with van der Waals surface area (Å²) in [6.45, 7) is 4.34. The zero-order chi connectivity index (χ0) is 22.2. The van der Waals surface area contributed by atoms with Gasteiger partial charge in [0.2, 0.25) is 5.91 Å². The Morgan fingerprint density at radius 1 is 1.06 bits per heavy atom. The van der Waals surface area contributed by atoms with Gasteiger partial charge in [-0.3, -0.25) is 14.2 Å². The number of thioether (sulfide) groups is 1. The molecular weight excluding hydrogens is 406 g/mol. The van der Waals surface area contributed by atoms with E-state index in [0.717, 1.165) is 6.42 Å². The van der Waals surface area contributed by atoms with Crippen LogP contribution in [-0.2, 0) is 11.8 Å². The lowest BCUT2D eigenvalue weighted by atomic mass is 9.88. The van der Waals surface area contributed by atoms with Crippen LogP contribution in [0.25, 0.3) is 0 Å². The average Bonchev–Trinajstić information content (AvgIpc) is 2.79. The van der Waals surface area contributed by atoms with Gasteiger partial charge < -0.3 is 5.32 Å². The molecular formula is C25H29N3O2S. The van der Waals surface area contributed by atoms with Crippen LogP contribution in [0, 0.1) is 6.92 Å². The van der Waals surface area contributed by atoms with E-state index in [9.17, 15) is 9.59 Å². The van der Waals surface area contributed by atoms with Gasteiger partial charge in [0, 0.05) is 31.3 Å². The molecule has 5 nitrogen and oxygen atoms in total. The third-order valence-electron chi connectivity index (χ3n) is 5.27. The summed E-state index contributed by atoms with van der Waals surface area (Å²) >= 11 is 1.34. The van der Waals surface area contributed by atoms with Gasteiger partial charge in [0.1, 0.15) is 0 Å². The van der Waals surface area contributed by atoms with Crippen molar-refractivity contribution in [1.82, 2.24) is 14.9 Å². The van der Waals surface area contributed by atoms with E-state index in [-0.39, 0.29) is 22.6 Å². The summed E-state index contributed by atoms with van der Waals surface area (Å²) in [6, 6.07) is 22.3. The Balaban J connectivity index is 1.66. The largest absolute Gasteiger partial charge is 0.355 e. The number of nitrogens with one attached hydrogen (secondary N) is 1. The standard InChI is InChI=1S/C25H29N3O2S/c1-4-22(31-25-27-18(2)17-23(29)28(25)3)24(30)26-16-15-21(19-11-7-5-8-12-19)20-13-9-6-10-14-20/h5-14,17,21-22H,4,15-16H2,1-3H3,(H,26,30). The second-order valence-corrected chi connectivity index (χ2v) is 8.72. The maximum Gasteiger partial charge on any atom is 0.254 e. The molecule has 1 heterocycles. The van der Waals surface area contributed by atoms with Crippen LogP contribution in [0.2, 0.25) is 0 Å². The van der Waals surface area contributed by atoms with E-state index < -0.39 is 0 Å². The maximum absolute atomic E-state index is 12.9. The first-order chi connectivity index (χ1) is 15.0. The molecule has 0 radical (unpaired) electrons. The first-order valence-electron chi connectivity index (χ1n) is 10.6. The highest BCUT2D eigenvalue weighted by Gasteiger charge is 2.21. The highest BCUT2D eigenvalue weighted by Crippen LogP contribution is 2.28. The highest BCUT2D eigenvalue weighted by atomic mass is 32.2. The molecule has 0 spiro atoms.